The van der Waals surface area contributed by atoms with E-state index >= 15 is 0 Å². The molecule has 0 saturated carbocycles. The maximum Gasteiger partial charge on any atom is 0.0494 e. The molecule has 2 heterocycles. The van der Waals surface area contributed by atoms with E-state index in [9.17, 15) is 0 Å². The number of thioether (sulfide) groups is 1. The second-order valence-electron chi connectivity index (χ2n) is 3.95. The lowest BCUT2D eigenvalue weighted by molar-refractivity contribution is 0.852. The minimum atomic E-state index is 1.17. The maximum absolute atomic E-state index is 3.54. The molecule has 0 saturated heterocycles. The first kappa shape index (κ1) is 9.79. The molecular formula is C12H12BrNS. The number of aromatic nitrogens is 1. The lowest BCUT2D eigenvalue weighted by Crippen LogP contribution is -2.05. The van der Waals surface area contributed by atoms with Gasteiger partial charge in [-0.15, -0.1) is 0 Å². The SMILES string of the molecule is Cn1c2c(c3ccc(Br)cc31)CSCC2. The molecule has 78 valence electrons. The number of nitrogens with zero attached hydrogens (tertiary/aromatic N) is 1. The molecule has 15 heavy (non-hydrogen) atoms. The monoisotopic (exact) mass is 281 g/mol. The van der Waals surface area contributed by atoms with Crippen LogP contribution in [-0.2, 0) is 19.2 Å². The van der Waals surface area contributed by atoms with Gasteiger partial charge >= 0.3 is 0 Å². The van der Waals surface area contributed by atoms with E-state index in [1.165, 1.54) is 39.0 Å². The molecule has 1 aliphatic heterocycles. The summed E-state index contributed by atoms with van der Waals surface area (Å²) in [5.41, 5.74) is 4.44. The highest BCUT2D eigenvalue weighted by molar-refractivity contribution is 9.10. The van der Waals surface area contributed by atoms with Crippen molar-refractivity contribution in [1.82, 2.24) is 4.57 Å². The van der Waals surface area contributed by atoms with Crippen LogP contribution in [0.5, 0.6) is 0 Å². The number of aryl methyl sites for hydroxylation is 1. The Bertz CT molecular complexity index is 530. The number of halogens is 1. The van der Waals surface area contributed by atoms with Crippen LogP contribution < -0.4 is 0 Å². The largest absolute Gasteiger partial charge is 0.347 e. The van der Waals surface area contributed by atoms with Crippen LogP contribution in [0.25, 0.3) is 10.9 Å². The van der Waals surface area contributed by atoms with Gasteiger partial charge in [-0.1, -0.05) is 22.0 Å². The molecule has 0 amide bonds. The summed E-state index contributed by atoms with van der Waals surface area (Å²) < 4.78 is 3.52. The topological polar surface area (TPSA) is 4.93 Å². The van der Waals surface area contributed by atoms with E-state index in [0.717, 1.165) is 0 Å². The first-order valence-corrected chi connectivity index (χ1v) is 7.05. The molecule has 0 spiro atoms. The van der Waals surface area contributed by atoms with Crippen LogP contribution in [0.2, 0.25) is 0 Å². The van der Waals surface area contributed by atoms with Crippen LogP contribution in [-0.4, -0.2) is 10.3 Å². The van der Waals surface area contributed by atoms with Gasteiger partial charge in [0.1, 0.15) is 0 Å². The first-order chi connectivity index (χ1) is 7.27. The molecule has 0 unspecified atom stereocenters. The van der Waals surface area contributed by atoms with Crippen molar-refractivity contribution in [1.29, 1.82) is 0 Å². The Morgan fingerprint density at radius 3 is 3.13 bits per heavy atom. The average molecular weight is 282 g/mol. The van der Waals surface area contributed by atoms with Crippen molar-refractivity contribution in [3.05, 3.63) is 33.9 Å². The summed E-state index contributed by atoms with van der Waals surface area (Å²) in [5, 5.41) is 1.43. The normalized spacial score (nSPS) is 15.6. The second kappa shape index (κ2) is 3.56. The van der Waals surface area contributed by atoms with Crippen LogP contribution in [0.4, 0.5) is 0 Å². The second-order valence-corrected chi connectivity index (χ2v) is 5.97. The molecule has 0 N–H and O–H groups in total. The summed E-state index contributed by atoms with van der Waals surface area (Å²) in [6.07, 6.45) is 1.21. The summed E-state index contributed by atoms with van der Waals surface area (Å²) in [4.78, 5) is 0. The van der Waals surface area contributed by atoms with Crippen molar-refractivity contribution >= 4 is 38.6 Å². The smallest absolute Gasteiger partial charge is 0.0494 e. The zero-order valence-electron chi connectivity index (χ0n) is 8.59. The third-order valence-electron chi connectivity index (χ3n) is 3.13. The highest BCUT2D eigenvalue weighted by Gasteiger charge is 2.18. The molecule has 0 atom stereocenters. The van der Waals surface area contributed by atoms with Crippen LogP contribution in [0, 0.1) is 0 Å². The molecule has 0 fully saturated rings. The third-order valence-corrected chi connectivity index (χ3v) is 4.61. The predicted molar refractivity (Wildman–Crippen MR) is 70.5 cm³/mol. The van der Waals surface area contributed by atoms with Crippen LogP contribution in [0.1, 0.15) is 11.3 Å². The number of fused-ring (bicyclic) bond motifs is 3. The van der Waals surface area contributed by atoms with Crippen LogP contribution >= 0.6 is 27.7 Å². The minimum Gasteiger partial charge on any atom is -0.347 e. The van der Waals surface area contributed by atoms with Crippen molar-refractivity contribution in [3.8, 4) is 0 Å². The predicted octanol–water partition coefficient (Wildman–Crippen LogP) is 3.73. The van der Waals surface area contributed by atoms with Gasteiger partial charge in [0.25, 0.3) is 0 Å². The van der Waals surface area contributed by atoms with E-state index in [1.807, 2.05) is 11.8 Å². The van der Waals surface area contributed by atoms with E-state index in [2.05, 4.69) is 45.7 Å². The van der Waals surface area contributed by atoms with Gasteiger partial charge in [0.15, 0.2) is 0 Å². The highest BCUT2D eigenvalue weighted by Crippen LogP contribution is 2.34. The Morgan fingerprint density at radius 2 is 2.27 bits per heavy atom. The Morgan fingerprint density at radius 1 is 1.40 bits per heavy atom. The van der Waals surface area contributed by atoms with E-state index in [1.54, 1.807) is 5.56 Å². The molecule has 3 rings (SSSR count). The fourth-order valence-electron chi connectivity index (χ4n) is 2.36. The van der Waals surface area contributed by atoms with E-state index in [0.29, 0.717) is 0 Å². The van der Waals surface area contributed by atoms with Crippen molar-refractivity contribution in [2.45, 2.75) is 12.2 Å². The van der Waals surface area contributed by atoms with Gasteiger partial charge in [0.05, 0.1) is 0 Å². The van der Waals surface area contributed by atoms with E-state index < -0.39 is 0 Å². The summed E-state index contributed by atoms with van der Waals surface area (Å²) in [6, 6.07) is 6.60. The Kier molecular flexibility index (Phi) is 2.33. The van der Waals surface area contributed by atoms with Gasteiger partial charge in [0.2, 0.25) is 0 Å². The highest BCUT2D eigenvalue weighted by atomic mass is 79.9. The minimum absolute atomic E-state index is 1.17. The molecule has 1 aromatic heterocycles. The number of benzene rings is 1. The van der Waals surface area contributed by atoms with Gasteiger partial charge in [-0.3, -0.25) is 0 Å². The van der Waals surface area contributed by atoms with Crippen molar-refractivity contribution in [2.75, 3.05) is 5.75 Å². The molecule has 1 aromatic carbocycles. The van der Waals surface area contributed by atoms with Crippen LogP contribution in [0.15, 0.2) is 22.7 Å². The number of rotatable bonds is 0. The lowest BCUT2D eigenvalue weighted by atomic mass is 10.1. The molecule has 1 aliphatic rings. The molecule has 3 heteroatoms. The van der Waals surface area contributed by atoms with E-state index in [-0.39, 0.29) is 0 Å². The average Bonchev–Trinajstić information content (AvgIpc) is 2.54. The standard InChI is InChI=1S/C12H12BrNS/c1-14-11-4-5-15-7-10(11)9-3-2-8(13)6-12(9)14/h2-3,6H,4-5,7H2,1H3. The summed E-state index contributed by atoms with van der Waals surface area (Å²) >= 11 is 5.59. The molecule has 0 aliphatic carbocycles. The first-order valence-electron chi connectivity index (χ1n) is 5.11. The quantitative estimate of drug-likeness (QED) is 0.712. The summed E-state index contributed by atoms with van der Waals surface area (Å²) in [7, 11) is 2.18. The Balaban J connectivity index is 2.38. The molecule has 1 nitrogen and oxygen atoms in total. The zero-order valence-corrected chi connectivity index (χ0v) is 11.0. The van der Waals surface area contributed by atoms with E-state index in [4.69, 9.17) is 0 Å². The molecular weight excluding hydrogens is 270 g/mol. The third kappa shape index (κ3) is 1.44. The molecule has 0 radical (unpaired) electrons. The van der Waals surface area contributed by atoms with Crippen LogP contribution in [0.3, 0.4) is 0 Å². The number of hydrogen-bond donors (Lipinski definition) is 0. The molecule has 2 aromatic rings. The maximum atomic E-state index is 3.54. The Hall–Kier alpha value is -0.410. The van der Waals surface area contributed by atoms with Gasteiger partial charge in [0, 0.05) is 33.9 Å². The van der Waals surface area contributed by atoms with Crippen molar-refractivity contribution in [3.63, 3.8) is 0 Å². The zero-order chi connectivity index (χ0) is 10.4. The Labute approximate surface area is 102 Å². The lowest BCUT2D eigenvalue weighted by Gasteiger charge is -2.12. The number of hydrogen-bond acceptors (Lipinski definition) is 1. The van der Waals surface area contributed by atoms with Crippen molar-refractivity contribution < 1.29 is 0 Å². The van der Waals surface area contributed by atoms with Gasteiger partial charge in [-0.05, 0) is 29.9 Å². The van der Waals surface area contributed by atoms with Gasteiger partial charge in [-0.2, -0.15) is 11.8 Å². The fraction of sp³-hybridized carbons (Fsp3) is 0.333. The fourth-order valence-corrected chi connectivity index (χ4v) is 3.72. The molecule has 0 bridgehead atoms. The van der Waals surface area contributed by atoms with Gasteiger partial charge < -0.3 is 4.57 Å². The summed E-state index contributed by atoms with van der Waals surface area (Å²) in [5.74, 6) is 2.44. The van der Waals surface area contributed by atoms with Gasteiger partial charge in [-0.25, -0.2) is 0 Å². The van der Waals surface area contributed by atoms with Crippen molar-refractivity contribution in [2.24, 2.45) is 7.05 Å². The summed E-state index contributed by atoms with van der Waals surface area (Å²) in [6.45, 7) is 0.